The first-order valence-corrected chi connectivity index (χ1v) is 13.7. The van der Waals surface area contributed by atoms with Crippen LogP contribution in [0.4, 0.5) is 0 Å². The van der Waals surface area contributed by atoms with E-state index in [-0.39, 0.29) is 36.1 Å². The van der Waals surface area contributed by atoms with Gasteiger partial charge in [0.15, 0.2) is 4.34 Å². The summed E-state index contributed by atoms with van der Waals surface area (Å²) < 4.78 is 16.2. The van der Waals surface area contributed by atoms with E-state index in [0.717, 1.165) is 18.7 Å². The molecule has 0 radical (unpaired) electrons. The number of amides is 1. The van der Waals surface area contributed by atoms with Crippen molar-refractivity contribution in [2.24, 2.45) is 0 Å². The van der Waals surface area contributed by atoms with Crippen molar-refractivity contribution >= 4 is 58.2 Å². The number of thioether (sulfide) groups is 1. The summed E-state index contributed by atoms with van der Waals surface area (Å²) in [5, 5.41) is 9.49. The van der Waals surface area contributed by atoms with E-state index in [2.05, 4.69) is 25.3 Å². The number of aromatic nitrogens is 3. The molecule has 0 unspecified atom stereocenters. The van der Waals surface area contributed by atoms with Crippen molar-refractivity contribution < 1.29 is 23.6 Å². The van der Waals surface area contributed by atoms with Gasteiger partial charge in [0.05, 0.1) is 35.1 Å². The molecular formula is C22H23Cl2N5O5S2. The maximum atomic E-state index is 12.4. The molecule has 4 rings (SSSR count). The third-order valence-electron chi connectivity index (χ3n) is 5.06. The molecule has 0 spiro atoms. The fourth-order valence-electron chi connectivity index (χ4n) is 3.38. The van der Waals surface area contributed by atoms with Gasteiger partial charge in [-0.15, -0.1) is 11.3 Å². The molecule has 1 aromatic carbocycles. The summed E-state index contributed by atoms with van der Waals surface area (Å²) in [7, 11) is 0. The van der Waals surface area contributed by atoms with Gasteiger partial charge in [0.1, 0.15) is 5.69 Å². The standard InChI is InChI=1S/C22H23Cl2N5O5S2/c1-2-32-21(31)20-27-19(28-34-20)17-11-35-22(26-17)36-12-18(30)25-8-14-10-29(5-6-33-14)9-13-3-4-15(23)16(24)7-13/h3-4,7,11,14H,2,5-6,8-10,12H2,1H3,(H,25,30)/t14-/m0/s1. The van der Waals surface area contributed by atoms with Crippen LogP contribution in [0.5, 0.6) is 0 Å². The van der Waals surface area contributed by atoms with Gasteiger partial charge in [-0.2, -0.15) is 4.98 Å². The molecule has 0 bridgehead atoms. The van der Waals surface area contributed by atoms with Crippen LogP contribution in [0.2, 0.25) is 10.0 Å². The second-order valence-corrected chi connectivity index (χ2v) is 10.6. The minimum absolute atomic E-state index is 0.103. The first-order chi connectivity index (χ1) is 17.4. The molecule has 192 valence electrons. The van der Waals surface area contributed by atoms with Crippen molar-refractivity contribution in [3.05, 3.63) is 45.1 Å². The number of thiazole rings is 1. The molecule has 1 aliphatic rings. The summed E-state index contributed by atoms with van der Waals surface area (Å²) in [4.78, 5) is 34.7. The second kappa shape index (κ2) is 12.8. The lowest BCUT2D eigenvalue weighted by Gasteiger charge is -2.33. The zero-order valence-electron chi connectivity index (χ0n) is 19.2. The Morgan fingerprint density at radius 3 is 2.97 bits per heavy atom. The molecule has 10 nitrogen and oxygen atoms in total. The second-order valence-electron chi connectivity index (χ2n) is 7.71. The Morgan fingerprint density at radius 2 is 2.17 bits per heavy atom. The molecular weight excluding hydrogens is 549 g/mol. The number of hydrogen-bond donors (Lipinski definition) is 1. The molecule has 2 aromatic heterocycles. The summed E-state index contributed by atoms with van der Waals surface area (Å²) >= 11 is 14.8. The number of halogens is 2. The van der Waals surface area contributed by atoms with Gasteiger partial charge in [-0.1, -0.05) is 46.2 Å². The third kappa shape index (κ3) is 7.40. The molecule has 0 saturated carbocycles. The first-order valence-electron chi connectivity index (χ1n) is 11.1. The van der Waals surface area contributed by atoms with Crippen molar-refractivity contribution in [3.63, 3.8) is 0 Å². The Kier molecular flexibility index (Phi) is 9.57. The average Bonchev–Trinajstić information content (AvgIpc) is 3.54. The fraction of sp³-hybridized carbons (Fsp3) is 0.409. The summed E-state index contributed by atoms with van der Waals surface area (Å²) in [5.41, 5.74) is 1.53. The van der Waals surface area contributed by atoms with Crippen molar-refractivity contribution in [2.45, 2.75) is 23.9 Å². The zero-order valence-corrected chi connectivity index (χ0v) is 22.4. The topological polar surface area (TPSA) is 120 Å². The van der Waals surface area contributed by atoms with Gasteiger partial charge >= 0.3 is 11.9 Å². The van der Waals surface area contributed by atoms with E-state index in [0.29, 0.717) is 39.8 Å². The minimum Gasteiger partial charge on any atom is -0.459 e. The normalized spacial score (nSPS) is 16.1. The first kappa shape index (κ1) is 26.8. The zero-order chi connectivity index (χ0) is 25.5. The molecule has 1 fully saturated rings. The molecule has 0 aliphatic carbocycles. The molecule has 1 N–H and O–H groups in total. The molecule has 3 heterocycles. The number of esters is 1. The number of ether oxygens (including phenoxy) is 2. The predicted molar refractivity (Wildman–Crippen MR) is 137 cm³/mol. The Balaban J connectivity index is 1.20. The largest absolute Gasteiger partial charge is 0.459 e. The van der Waals surface area contributed by atoms with Crippen LogP contribution in [0, 0.1) is 0 Å². The van der Waals surface area contributed by atoms with Gasteiger partial charge in [-0.05, 0) is 24.6 Å². The van der Waals surface area contributed by atoms with E-state index in [9.17, 15) is 9.59 Å². The van der Waals surface area contributed by atoms with Gasteiger partial charge in [-0.3, -0.25) is 9.69 Å². The Morgan fingerprint density at radius 1 is 1.31 bits per heavy atom. The van der Waals surface area contributed by atoms with Crippen LogP contribution in [0.1, 0.15) is 23.2 Å². The molecule has 1 aliphatic heterocycles. The Bertz CT molecular complexity index is 1210. The van der Waals surface area contributed by atoms with Crippen molar-refractivity contribution in [2.75, 3.05) is 38.6 Å². The number of nitrogens with zero attached hydrogens (tertiary/aromatic N) is 4. The number of nitrogens with one attached hydrogen (secondary N) is 1. The highest BCUT2D eigenvalue weighted by atomic mass is 35.5. The number of morpholine rings is 1. The van der Waals surface area contributed by atoms with Crippen molar-refractivity contribution in [1.29, 1.82) is 0 Å². The SMILES string of the molecule is CCOC(=O)c1nc(-c2csc(SCC(=O)NC[C@H]3CN(Cc4ccc(Cl)c(Cl)c4)CCO3)n2)no1. The van der Waals surface area contributed by atoms with E-state index in [1.54, 1.807) is 18.4 Å². The lowest BCUT2D eigenvalue weighted by molar-refractivity contribution is -0.119. The Hall–Kier alpha value is -2.22. The summed E-state index contributed by atoms with van der Waals surface area (Å²) in [5.74, 6) is -0.643. The predicted octanol–water partition coefficient (Wildman–Crippen LogP) is 3.79. The molecule has 1 saturated heterocycles. The van der Waals surface area contributed by atoms with Gasteiger partial charge in [0, 0.05) is 31.6 Å². The molecule has 1 amide bonds. The molecule has 36 heavy (non-hydrogen) atoms. The highest BCUT2D eigenvalue weighted by Gasteiger charge is 2.22. The van der Waals surface area contributed by atoms with Crippen LogP contribution < -0.4 is 5.32 Å². The van der Waals surface area contributed by atoms with Crippen LogP contribution >= 0.6 is 46.3 Å². The number of rotatable bonds is 10. The van der Waals surface area contributed by atoms with E-state index >= 15 is 0 Å². The number of hydrogen-bond acceptors (Lipinski definition) is 11. The van der Waals surface area contributed by atoms with E-state index in [1.807, 2.05) is 12.1 Å². The highest BCUT2D eigenvalue weighted by molar-refractivity contribution is 8.01. The van der Waals surface area contributed by atoms with Crippen LogP contribution in [0.3, 0.4) is 0 Å². The monoisotopic (exact) mass is 571 g/mol. The fourth-order valence-corrected chi connectivity index (χ4v) is 5.33. The molecule has 3 aromatic rings. The summed E-state index contributed by atoms with van der Waals surface area (Å²) in [6, 6.07) is 5.62. The maximum Gasteiger partial charge on any atom is 0.397 e. The number of carbonyl (C=O) groups excluding carboxylic acids is 2. The third-order valence-corrected chi connectivity index (χ3v) is 7.82. The van der Waals surface area contributed by atoms with Crippen LogP contribution in [0.25, 0.3) is 11.5 Å². The van der Waals surface area contributed by atoms with Crippen LogP contribution in [-0.2, 0) is 20.8 Å². The van der Waals surface area contributed by atoms with Gasteiger partial charge < -0.3 is 19.3 Å². The Labute approximate surface area is 225 Å². The average molecular weight is 572 g/mol. The smallest absolute Gasteiger partial charge is 0.397 e. The van der Waals surface area contributed by atoms with Gasteiger partial charge in [0.25, 0.3) is 0 Å². The number of carbonyl (C=O) groups is 2. The number of benzene rings is 1. The molecule has 14 heteroatoms. The summed E-state index contributed by atoms with van der Waals surface area (Å²) in [6.45, 7) is 5.13. The van der Waals surface area contributed by atoms with E-state index in [4.69, 9.17) is 37.2 Å². The van der Waals surface area contributed by atoms with Gasteiger partial charge in [-0.25, -0.2) is 9.78 Å². The maximum absolute atomic E-state index is 12.4. The minimum atomic E-state index is -0.683. The lowest BCUT2D eigenvalue weighted by atomic mass is 10.2. The van der Waals surface area contributed by atoms with Crippen molar-refractivity contribution in [3.8, 4) is 11.5 Å². The van der Waals surface area contributed by atoms with E-state index < -0.39 is 5.97 Å². The van der Waals surface area contributed by atoms with Crippen LogP contribution in [0.15, 0.2) is 32.4 Å². The molecule has 1 atom stereocenters. The van der Waals surface area contributed by atoms with Crippen molar-refractivity contribution in [1.82, 2.24) is 25.3 Å². The lowest BCUT2D eigenvalue weighted by Crippen LogP contribution is -2.47. The summed E-state index contributed by atoms with van der Waals surface area (Å²) in [6.07, 6.45) is -0.103. The quantitative estimate of drug-likeness (QED) is 0.284. The van der Waals surface area contributed by atoms with E-state index in [1.165, 1.54) is 23.1 Å². The van der Waals surface area contributed by atoms with Crippen LogP contribution in [-0.4, -0.2) is 76.6 Å². The highest BCUT2D eigenvalue weighted by Crippen LogP contribution is 2.27. The van der Waals surface area contributed by atoms with Gasteiger partial charge in [0.2, 0.25) is 11.7 Å².